The van der Waals surface area contributed by atoms with Crippen LogP contribution in [0, 0.1) is 0 Å². The molecule has 1 amide bonds. The Morgan fingerprint density at radius 2 is 2.23 bits per heavy atom. The maximum Gasteiger partial charge on any atom is 0.286 e. The number of anilines is 1. The SMILES string of the molecule is CCS(=O)(=O)N1CCC[C@H](c2nnc(C(=O)Nc3cccc(Cl)c3)s2)C1. The Balaban J connectivity index is 1.70. The van der Waals surface area contributed by atoms with Crippen LogP contribution in [0.4, 0.5) is 5.69 Å². The summed E-state index contributed by atoms with van der Waals surface area (Å²) in [6.45, 7) is 2.57. The molecule has 0 aliphatic carbocycles. The summed E-state index contributed by atoms with van der Waals surface area (Å²) < 4.78 is 25.7. The highest BCUT2D eigenvalue weighted by Gasteiger charge is 2.30. The molecule has 10 heteroatoms. The van der Waals surface area contributed by atoms with Crippen molar-refractivity contribution in [2.24, 2.45) is 0 Å². The number of hydrogen-bond acceptors (Lipinski definition) is 6. The number of benzene rings is 1. The Labute approximate surface area is 161 Å². The van der Waals surface area contributed by atoms with E-state index in [-0.39, 0.29) is 22.6 Å². The predicted molar refractivity (Wildman–Crippen MR) is 102 cm³/mol. The molecule has 0 radical (unpaired) electrons. The van der Waals surface area contributed by atoms with E-state index in [1.807, 2.05) is 0 Å². The van der Waals surface area contributed by atoms with Gasteiger partial charge in [0.25, 0.3) is 5.91 Å². The molecule has 2 heterocycles. The highest BCUT2D eigenvalue weighted by atomic mass is 35.5. The fourth-order valence-electron chi connectivity index (χ4n) is 2.82. The molecule has 1 N–H and O–H groups in total. The van der Waals surface area contributed by atoms with Gasteiger partial charge in [-0.05, 0) is 38.0 Å². The molecule has 7 nitrogen and oxygen atoms in total. The summed E-state index contributed by atoms with van der Waals surface area (Å²) in [5.41, 5.74) is 0.581. The molecule has 140 valence electrons. The molecule has 1 saturated heterocycles. The number of rotatable bonds is 5. The standard InChI is InChI=1S/C16H19ClN4O3S2/c1-2-26(23,24)21-8-4-5-11(10-21)15-19-20-16(25-15)14(22)18-13-7-3-6-12(17)9-13/h3,6-7,9,11H,2,4-5,8,10H2,1H3,(H,18,22)/t11-/m0/s1. The summed E-state index contributed by atoms with van der Waals surface area (Å²) in [5.74, 6) is -0.302. The predicted octanol–water partition coefficient (Wildman–Crippen LogP) is 2.97. The first-order valence-corrected chi connectivity index (χ1v) is 11.1. The summed E-state index contributed by atoms with van der Waals surface area (Å²) in [6, 6.07) is 6.85. The molecule has 26 heavy (non-hydrogen) atoms. The number of piperidine rings is 1. The van der Waals surface area contributed by atoms with Crippen molar-refractivity contribution in [3.63, 3.8) is 0 Å². The monoisotopic (exact) mass is 414 g/mol. The molecule has 0 bridgehead atoms. The molecule has 3 rings (SSSR count). The largest absolute Gasteiger partial charge is 0.320 e. The first-order chi connectivity index (χ1) is 12.4. The Kier molecular flexibility index (Phi) is 5.91. The van der Waals surface area contributed by atoms with E-state index in [1.54, 1.807) is 31.2 Å². The lowest BCUT2D eigenvalue weighted by Gasteiger charge is -2.30. The van der Waals surface area contributed by atoms with Gasteiger partial charge in [0.05, 0.1) is 5.75 Å². The van der Waals surface area contributed by atoms with Gasteiger partial charge in [-0.2, -0.15) is 0 Å². The van der Waals surface area contributed by atoms with Gasteiger partial charge in [0.2, 0.25) is 15.0 Å². The molecule has 1 aliphatic rings. The van der Waals surface area contributed by atoms with Gasteiger partial charge >= 0.3 is 0 Å². The zero-order valence-corrected chi connectivity index (χ0v) is 16.6. The zero-order chi connectivity index (χ0) is 18.7. The Bertz CT molecular complexity index is 900. The van der Waals surface area contributed by atoms with Crippen molar-refractivity contribution in [1.82, 2.24) is 14.5 Å². The number of nitrogens with zero attached hydrogens (tertiary/aromatic N) is 3. The summed E-state index contributed by atoms with van der Waals surface area (Å²) in [5, 5.41) is 12.3. The van der Waals surface area contributed by atoms with E-state index in [2.05, 4.69) is 15.5 Å². The molecule has 1 atom stereocenters. The van der Waals surface area contributed by atoms with Crippen LogP contribution >= 0.6 is 22.9 Å². The second-order valence-electron chi connectivity index (χ2n) is 6.01. The van der Waals surface area contributed by atoms with E-state index in [1.165, 1.54) is 15.6 Å². The number of nitrogens with one attached hydrogen (secondary N) is 1. The molecule has 1 fully saturated rings. The normalized spacial score (nSPS) is 18.6. The van der Waals surface area contributed by atoms with Crippen LogP contribution in [0.25, 0.3) is 0 Å². The number of carbonyl (C=O) groups is 1. The number of carbonyl (C=O) groups excluding carboxylic acids is 1. The lowest BCUT2D eigenvalue weighted by molar-refractivity contribution is 0.102. The van der Waals surface area contributed by atoms with Gasteiger partial charge in [0.1, 0.15) is 5.01 Å². The van der Waals surface area contributed by atoms with Crippen molar-refractivity contribution in [3.05, 3.63) is 39.3 Å². The number of aromatic nitrogens is 2. The fourth-order valence-corrected chi connectivity index (χ4v) is 5.06. The van der Waals surface area contributed by atoms with Crippen molar-refractivity contribution < 1.29 is 13.2 Å². The van der Waals surface area contributed by atoms with Gasteiger partial charge in [0, 0.05) is 29.7 Å². The number of hydrogen-bond donors (Lipinski definition) is 1. The zero-order valence-electron chi connectivity index (χ0n) is 14.2. The van der Waals surface area contributed by atoms with Gasteiger partial charge in [-0.3, -0.25) is 4.79 Å². The van der Waals surface area contributed by atoms with E-state index in [4.69, 9.17) is 11.6 Å². The van der Waals surface area contributed by atoms with Crippen molar-refractivity contribution in [3.8, 4) is 0 Å². The van der Waals surface area contributed by atoms with Crippen molar-refractivity contribution in [2.75, 3.05) is 24.2 Å². The molecule has 1 aromatic heterocycles. The molecule has 1 aromatic carbocycles. The summed E-state index contributed by atoms with van der Waals surface area (Å²) >= 11 is 7.11. The molecule has 0 unspecified atom stereocenters. The van der Waals surface area contributed by atoms with Crippen LogP contribution in [-0.4, -0.2) is 47.7 Å². The molecular weight excluding hydrogens is 396 g/mol. The highest BCUT2D eigenvalue weighted by Crippen LogP contribution is 2.30. The summed E-state index contributed by atoms with van der Waals surface area (Å²) in [7, 11) is -3.22. The topological polar surface area (TPSA) is 92.3 Å². The fraction of sp³-hybridized carbons (Fsp3) is 0.438. The highest BCUT2D eigenvalue weighted by molar-refractivity contribution is 7.89. The first-order valence-electron chi connectivity index (χ1n) is 8.27. The second-order valence-corrected chi connectivity index (χ2v) is 9.71. The van der Waals surface area contributed by atoms with E-state index >= 15 is 0 Å². The van der Waals surface area contributed by atoms with Crippen LogP contribution in [0.5, 0.6) is 0 Å². The Morgan fingerprint density at radius 3 is 2.96 bits per heavy atom. The Hall–Kier alpha value is -1.55. The van der Waals surface area contributed by atoms with E-state index < -0.39 is 10.0 Å². The van der Waals surface area contributed by atoms with E-state index in [0.717, 1.165) is 12.8 Å². The minimum Gasteiger partial charge on any atom is -0.320 e. The number of halogens is 1. The summed E-state index contributed by atoms with van der Waals surface area (Å²) in [4.78, 5) is 12.3. The minimum atomic E-state index is -3.22. The summed E-state index contributed by atoms with van der Waals surface area (Å²) in [6.07, 6.45) is 1.60. The molecule has 0 spiro atoms. The average Bonchev–Trinajstić information content (AvgIpc) is 3.12. The minimum absolute atomic E-state index is 0.0321. The lowest BCUT2D eigenvalue weighted by atomic mass is 10.0. The smallest absolute Gasteiger partial charge is 0.286 e. The third-order valence-electron chi connectivity index (χ3n) is 4.21. The number of sulfonamides is 1. The second kappa shape index (κ2) is 7.99. The maximum absolute atomic E-state index is 12.3. The van der Waals surface area contributed by atoms with Gasteiger partial charge in [-0.1, -0.05) is 29.0 Å². The van der Waals surface area contributed by atoms with Crippen LogP contribution in [0.15, 0.2) is 24.3 Å². The molecule has 2 aromatic rings. The third-order valence-corrected chi connectivity index (χ3v) is 7.38. The van der Waals surface area contributed by atoms with E-state index in [0.29, 0.717) is 28.8 Å². The van der Waals surface area contributed by atoms with Gasteiger partial charge in [-0.25, -0.2) is 12.7 Å². The van der Waals surface area contributed by atoms with Crippen molar-refractivity contribution in [2.45, 2.75) is 25.7 Å². The van der Waals surface area contributed by atoms with Gasteiger partial charge in [0.15, 0.2) is 0 Å². The van der Waals surface area contributed by atoms with Crippen LogP contribution in [0.1, 0.15) is 40.5 Å². The number of amides is 1. The average molecular weight is 415 g/mol. The molecular formula is C16H19ClN4O3S2. The van der Waals surface area contributed by atoms with E-state index in [9.17, 15) is 13.2 Å². The quantitative estimate of drug-likeness (QED) is 0.811. The first kappa shape index (κ1) is 19.2. The maximum atomic E-state index is 12.3. The molecule has 1 aliphatic heterocycles. The van der Waals surface area contributed by atoms with Crippen LogP contribution in [0.3, 0.4) is 0 Å². The van der Waals surface area contributed by atoms with Crippen LogP contribution in [-0.2, 0) is 10.0 Å². The third kappa shape index (κ3) is 4.40. The van der Waals surface area contributed by atoms with Crippen molar-refractivity contribution >= 4 is 44.6 Å². The van der Waals surface area contributed by atoms with Gasteiger partial charge in [-0.15, -0.1) is 10.2 Å². The molecule has 0 saturated carbocycles. The van der Waals surface area contributed by atoms with Crippen molar-refractivity contribution in [1.29, 1.82) is 0 Å². The lowest BCUT2D eigenvalue weighted by Crippen LogP contribution is -2.39. The Morgan fingerprint density at radius 1 is 1.42 bits per heavy atom. The van der Waals surface area contributed by atoms with Crippen LogP contribution < -0.4 is 5.32 Å². The van der Waals surface area contributed by atoms with Gasteiger partial charge < -0.3 is 5.32 Å². The van der Waals surface area contributed by atoms with Crippen LogP contribution in [0.2, 0.25) is 5.02 Å².